The van der Waals surface area contributed by atoms with Gasteiger partial charge in [-0.1, -0.05) is 18.9 Å². The van der Waals surface area contributed by atoms with E-state index in [9.17, 15) is 4.79 Å². The van der Waals surface area contributed by atoms with Crippen molar-refractivity contribution in [2.45, 2.75) is 51.2 Å². The van der Waals surface area contributed by atoms with Gasteiger partial charge in [-0.25, -0.2) is 4.99 Å². The number of guanidine groups is 1. The van der Waals surface area contributed by atoms with Crippen LogP contribution in [0.5, 0.6) is 0 Å². The average Bonchev–Trinajstić information content (AvgIpc) is 3.08. The topological polar surface area (TPSA) is 66.0 Å². The van der Waals surface area contributed by atoms with Crippen molar-refractivity contribution in [3.8, 4) is 0 Å². The van der Waals surface area contributed by atoms with Crippen molar-refractivity contribution in [3.05, 3.63) is 12.7 Å². The highest BCUT2D eigenvalue weighted by Crippen LogP contribution is 2.54. The molecule has 2 saturated carbocycles. The van der Waals surface area contributed by atoms with Crippen LogP contribution in [-0.2, 0) is 9.53 Å². The molecule has 2 fully saturated rings. The lowest BCUT2D eigenvalue weighted by atomic mass is 9.60. The monoisotopic (exact) mass is 464 g/mol. The van der Waals surface area contributed by atoms with E-state index in [2.05, 4.69) is 29.1 Å². The van der Waals surface area contributed by atoms with E-state index in [4.69, 9.17) is 4.74 Å². The Hall–Kier alpha value is -0.830. The summed E-state index contributed by atoms with van der Waals surface area (Å²) in [6.45, 7) is 7.34. The number of aliphatic imine (C=N–C) groups is 1. The number of ether oxygens (including phenoxy) is 1. The fraction of sp³-hybridized carbons (Fsp3) is 0.778. The fourth-order valence-corrected chi connectivity index (χ4v) is 3.86. The third-order valence-electron chi connectivity index (χ3n) is 5.28. The lowest BCUT2D eigenvalue weighted by Crippen LogP contribution is -2.65. The third-order valence-corrected chi connectivity index (χ3v) is 5.28. The molecule has 0 radical (unpaired) electrons. The Balaban J connectivity index is 0.00000312. The quantitative estimate of drug-likeness (QED) is 0.262. The van der Waals surface area contributed by atoms with Crippen LogP contribution in [-0.4, -0.2) is 62.7 Å². The van der Waals surface area contributed by atoms with Crippen LogP contribution >= 0.6 is 24.0 Å². The number of hydrogen-bond acceptors (Lipinski definition) is 3. The average molecular weight is 464 g/mol. The minimum atomic E-state index is -0.00825. The molecule has 0 aliphatic heterocycles. The Morgan fingerprint density at radius 3 is 2.64 bits per heavy atom. The first-order valence-electron chi connectivity index (χ1n) is 9.01. The van der Waals surface area contributed by atoms with E-state index in [1.54, 1.807) is 25.1 Å². The van der Waals surface area contributed by atoms with E-state index in [0.717, 1.165) is 13.0 Å². The maximum Gasteiger partial charge on any atom is 0.243 e. The highest BCUT2D eigenvalue weighted by molar-refractivity contribution is 14.0. The maximum atomic E-state index is 11.8. The molecule has 0 saturated heterocycles. The largest absolute Gasteiger partial charge is 0.378 e. The smallest absolute Gasteiger partial charge is 0.243 e. The first-order chi connectivity index (χ1) is 11.5. The molecule has 7 heteroatoms. The summed E-state index contributed by atoms with van der Waals surface area (Å²) in [5, 5.41) is 6.77. The van der Waals surface area contributed by atoms with Gasteiger partial charge in [0.15, 0.2) is 5.96 Å². The van der Waals surface area contributed by atoms with E-state index >= 15 is 0 Å². The van der Waals surface area contributed by atoms with E-state index in [0.29, 0.717) is 24.7 Å². The zero-order valence-electron chi connectivity index (χ0n) is 15.7. The van der Waals surface area contributed by atoms with Crippen molar-refractivity contribution in [2.75, 3.05) is 33.8 Å². The lowest BCUT2D eigenvalue weighted by Gasteiger charge is -2.54. The van der Waals surface area contributed by atoms with Gasteiger partial charge in [0, 0.05) is 38.7 Å². The Morgan fingerprint density at radius 2 is 2.08 bits per heavy atom. The molecular weight excluding hydrogens is 431 g/mol. The van der Waals surface area contributed by atoms with Gasteiger partial charge >= 0.3 is 0 Å². The Morgan fingerprint density at radius 1 is 1.40 bits per heavy atom. The van der Waals surface area contributed by atoms with Gasteiger partial charge < -0.3 is 20.3 Å². The van der Waals surface area contributed by atoms with Crippen LogP contribution in [0.2, 0.25) is 0 Å². The summed E-state index contributed by atoms with van der Waals surface area (Å²) in [4.78, 5) is 17.8. The molecule has 2 aliphatic carbocycles. The molecule has 2 atom stereocenters. The molecule has 1 amide bonds. The summed E-state index contributed by atoms with van der Waals surface area (Å²) in [6.07, 6.45) is 8.11. The summed E-state index contributed by atoms with van der Waals surface area (Å²) >= 11 is 0. The van der Waals surface area contributed by atoms with Gasteiger partial charge in [-0.05, 0) is 26.2 Å². The van der Waals surface area contributed by atoms with Gasteiger partial charge in [-0.15, -0.1) is 30.6 Å². The summed E-state index contributed by atoms with van der Waals surface area (Å²) in [6, 6.07) is 0.363. The molecule has 0 bridgehead atoms. The molecule has 144 valence electrons. The predicted octanol–water partition coefficient (Wildman–Crippen LogP) is 2.15. The molecule has 0 aromatic rings. The number of rotatable bonds is 7. The van der Waals surface area contributed by atoms with Gasteiger partial charge in [-0.3, -0.25) is 4.79 Å². The number of hydrogen-bond donors (Lipinski definition) is 2. The minimum Gasteiger partial charge on any atom is -0.378 e. The number of halogens is 1. The normalized spacial score (nSPS) is 24.2. The van der Waals surface area contributed by atoms with Crippen LogP contribution in [0.4, 0.5) is 0 Å². The summed E-state index contributed by atoms with van der Waals surface area (Å²) in [5.41, 5.74) is 0.234. The molecule has 2 aliphatic rings. The van der Waals surface area contributed by atoms with Crippen LogP contribution in [0.3, 0.4) is 0 Å². The zero-order chi connectivity index (χ0) is 17.6. The second kappa shape index (κ2) is 10.4. The summed E-state index contributed by atoms with van der Waals surface area (Å²) in [5.74, 6) is 0.683. The van der Waals surface area contributed by atoms with Gasteiger partial charge in [0.2, 0.25) is 5.91 Å². The number of likely N-dealkylation sites (N-methyl/N-ethyl adjacent to an activating group) is 1. The second-order valence-electron chi connectivity index (χ2n) is 6.94. The van der Waals surface area contributed by atoms with E-state index in [-0.39, 0.29) is 41.8 Å². The van der Waals surface area contributed by atoms with Crippen molar-refractivity contribution < 1.29 is 9.53 Å². The standard InChI is InChI=1S/C18H32N4O2.HI/c1-5-11-19-17(20-13-16(23)22(3)4)21-14-12-15(24-6-2)18(14)9-7-8-10-18;/h5,14-15H,1,6-13H2,2-4H3,(H2,19,20,21);1H. The van der Waals surface area contributed by atoms with Crippen molar-refractivity contribution >= 4 is 35.8 Å². The lowest BCUT2D eigenvalue weighted by molar-refractivity contribution is -0.127. The van der Waals surface area contributed by atoms with E-state index in [1.165, 1.54) is 25.7 Å². The number of carbonyl (C=O) groups is 1. The van der Waals surface area contributed by atoms with Crippen LogP contribution in [0.1, 0.15) is 39.0 Å². The van der Waals surface area contributed by atoms with Crippen molar-refractivity contribution in [1.29, 1.82) is 0 Å². The van der Waals surface area contributed by atoms with Gasteiger partial charge in [0.1, 0.15) is 6.54 Å². The summed E-state index contributed by atoms with van der Waals surface area (Å²) in [7, 11) is 3.49. The molecule has 0 aromatic heterocycles. The van der Waals surface area contributed by atoms with Crippen molar-refractivity contribution in [1.82, 2.24) is 15.5 Å². The number of nitrogens with zero attached hydrogens (tertiary/aromatic N) is 2. The molecule has 6 nitrogen and oxygen atoms in total. The third kappa shape index (κ3) is 5.32. The maximum absolute atomic E-state index is 11.8. The minimum absolute atomic E-state index is 0. The molecule has 0 aromatic carbocycles. The van der Waals surface area contributed by atoms with Gasteiger partial charge in [0.05, 0.1) is 6.10 Å². The second-order valence-corrected chi connectivity index (χ2v) is 6.94. The fourth-order valence-electron chi connectivity index (χ4n) is 3.86. The Bertz CT molecular complexity index is 476. The van der Waals surface area contributed by atoms with Crippen LogP contribution in [0.15, 0.2) is 17.6 Å². The highest BCUT2D eigenvalue weighted by atomic mass is 127. The molecular formula is C18H33IN4O2. The SMILES string of the molecule is C=CCNC(=NCC(=O)N(C)C)NC1CC(OCC)C12CCCC2.I. The van der Waals surface area contributed by atoms with Gasteiger partial charge in [0.25, 0.3) is 0 Å². The van der Waals surface area contributed by atoms with Gasteiger partial charge in [-0.2, -0.15) is 0 Å². The first-order valence-corrected chi connectivity index (χ1v) is 9.01. The molecule has 25 heavy (non-hydrogen) atoms. The van der Waals surface area contributed by atoms with Crippen molar-refractivity contribution in [3.63, 3.8) is 0 Å². The zero-order valence-corrected chi connectivity index (χ0v) is 18.0. The number of carbonyl (C=O) groups excluding carboxylic acids is 1. The molecule has 1 spiro atoms. The highest BCUT2D eigenvalue weighted by Gasteiger charge is 2.56. The Kier molecular flexibility index (Phi) is 9.20. The van der Waals surface area contributed by atoms with Crippen LogP contribution < -0.4 is 10.6 Å². The van der Waals surface area contributed by atoms with Crippen molar-refractivity contribution in [2.24, 2.45) is 10.4 Å². The van der Waals surface area contributed by atoms with Crippen LogP contribution in [0.25, 0.3) is 0 Å². The molecule has 2 rings (SSSR count). The van der Waals surface area contributed by atoms with E-state index < -0.39 is 0 Å². The number of nitrogens with one attached hydrogen (secondary N) is 2. The van der Waals surface area contributed by atoms with E-state index in [1.807, 2.05) is 0 Å². The summed E-state index contributed by atoms with van der Waals surface area (Å²) < 4.78 is 5.96. The first kappa shape index (κ1) is 22.2. The predicted molar refractivity (Wildman–Crippen MR) is 112 cm³/mol. The molecule has 0 heterocycles. The number of amides is 1. The van der Waals surface area contributed by atoms with Crippen LogP contribution in [0, 0.1) is 5.41 Å². The molecule has 2 N–H and O–H groups in total. The molecule has 2 unspecified atom stereocenters. The Labute approximate surface area is 168 Å².